The maximum atomic E-state index is 11.0. The molecule has 2 aromatic rings. The van der Waals surface area contributed by atoms with Crippen molar-refractivity contribution in [1.82, 2.24) is 9.78 Å². The Morgan fingerprint density at radius 2 is 2.25 bits per heavy atom. The highest BCUT2D eigenvalue weighted by atomic mass is 35.5. The van der Waals surface area contributed by atoms with Crippen molar-refractivity contribution in [3.63, 3.8) is 0 Å². The van der Waals surface area contributed by atoms with Gasteiger partial charge in [-0.3, -0.25) is 9.48 Å². The van der Waals surface area contributed by atoms with Crippen molar-refractivity contribution in [2.45, 2.75) is 12.8 Å². The van der Waals surface area contributed by atoms with E-state index in [0.29, 0.717) is 10.7 Å². The van der Waals surface area contributed by atoms with Crippen molar-refractivity contribution >= 4 is 28.5 Å². The molecule has 0 spiro atoms. The second-order valence-electron chi connectivity index (χ2n) is 3.70. The molecule has 1 heterocycles. The van der Waals surface area contributed by atoms with Gasteiger partial charge in [-0.2, -0.15) is 5.10 Å². The van der Waals surface area contributed by atoms with Crippen molar-refractivity contribution in [3.05, 3.63) is 28.9 Å². The molecule has 0 bridgehead atoms. The van der Waals surface area contributed by atoms with Crippen LogP contribution in [0.3, 0.4) is 0 Å². The van der Waals surface area contributed by atoms with Gasteiger partial charge < -0.3 is 5.11 Å². The van der Waals surface area contributed by atoms with Gasteiger partial charge in [0.15, 0.2) is 0 Å². The standard InChI is InChI=1S/C11H11ClN2O2/c1-6(11(15)16)10-9-7(12)4-3-5-8(9)13-14(10)2/h3-6H,1-2H3,(H,15,16). The average molecular weight is 239 g/mol. The van der Waals surface area contributed by atoms with Crippen LogP contribution in [0.2, 0.25) is 5.02 Å². The van der Waals surface area contributed by atoms with E-state index >= 15 is 0 Å². The van der Waals surface area contributed by atoms with Crippen LogP contribution in [0, 0.1) is 0 Å². The first-order chi connectivity index (χ1) is 7.52. The summed E-state index contributed by atoms with van der Waals surface area (Å²) in [6.45, 7) is 1.63. The number of carboxylic acid groups (broad SMARTS) is 1. The van der Waals surface area contributed by atoms with E-state index in [1.165, 1.54) is 0 Å². The molecule has 1 atom stereocenters. The Hall–Kier alpha value is -1.55. The van der Waals surface area contributed by atoms with Gasteiger partial charge in [-0.25, -0.2) is 0 Å². The zero-order valence-corrected chi connectivity index (χ0v) is 9.69. The largest absolute Gasteiger partial charge is 0.481 e. The molecule has 0 amide bonds. The number of aliphatic carboxylic acids is 1. The van der Waals surface area contributed by atoms with Gasteiger partial charge in [0.25, 0.3) is 0 Å². The predicted molar refractivity (Wildman–Crippen MR) is 61.8 cm³/mol. The van der Waals surface area contributed by atoms with Crippen molar-refractivity contribution < 1.29 is 9.90 Å². The Morgan fingerprint density at radius 3 is 2.88 bits per heavy atom. The van der Waals surface area contributed by atoms with E-state index in [1.807, 2.05) is 6.07 Å². The first-order valence-corrected chi connectivity index (χ1v) is 5.24. The number of rotatable bonds is 2. The number of aryl methyl sites for hydroxylation is 1. The molecule has 0 aliphatic rings. The number of nitrogens with zero attached hydrogens (tertiary/aromatic N) is 2. The number of fused-ring (bicyclic) bond motifs is 1. The number of hydrogen-bond donors (Lipinski definition) is 1. The van der Waals surface area contributed by atoms with Crippen LogP contribution >= 0.6 is 11.6 Å². The number of benzene rings is 1. The van der Waals surface area contributed by atoms with E-state index in [9.17, 15) is 4.79 Å². The molecular weight excluding hydrogens is 228 g/mol. The Bertz CT molecular complexity index is 562. The lowest BCUT2D eigenvalue weighted by atomic mass is 10.0. The molecule has 0 saturated heterocycles. The molecule has 84 valence electrons. The highest BCUT2D eigenvalue weighted by Crippen LogP contribution is 2.30. The maximum Gasteiger partial charge on any atom is 0.312 e. The first-order valence-electron chi connectivity index (χ1n) is 4.86. The minimum Gasteiger partial charge on any atom is -0.481 e. The zero-order chi connectivity index (χ0) is 11.9. The van der Waals surface area contributed by atoms with Gasteiger partial charge in [-0.15, -0.1) is 0 Å². The Kier molecular flexibility index (Phi) is 2.59. The van der Waals surface area contributed by atoms with Gasteiger partial charge in [0.2, 0.25) is 0 Å². The number of carboxylic acids is 1. The molecule has 4 nitrogen and oxygen atoms in total. The molecule has 1 aromatic carbocycles. The van der Waals surface area contributed by atoms with E-state index in [2.05, 4.69) is 5.10 Å². The fourth-order valence-corrected chi connectivity index (χ4v) is 2.11. The van der Waals surface area contributed by atoms with Crippen LogP contribution in [0.5, 0.6) is 0 Å². The second kappa shape index (κ2) is 3.79. The van der Waals surface area contributed by atoms with Crippen molar-refractivity contribution in [3.8, 4) is 0 Å². The molecule has 1 unspecified atom stereocenters. The highest BCUT2D eigenvalue weighted by Gasteiger charge is 2.22. The van der Waals surface area contributed by atoms with Gasteiger partial charge >= 0.3 is 5.97 Å². The van der Waals surface area contributed by atoms with Gasteiger partial charge in [0.1, 0.15) is 0 Å². The number of halogens is 1. The number of carbonyl (C=O) groups is 1. The van der Waals surface area contributed by atoms with Gasteiger partial charge in [0, 0.05) is 12.4 Å². The minimum atomic E-state index is -0.884. The van der Waals surface area contributed by atoms with Crippen LogP contribution in [0.25, 0.3) is 10.9 Å². The molecule has 1 N–H and O–H groups in total. The summed E-state index contributed by atoms with van der Waals surface area (Å²) in [5.41, 5.74) is 1.35. The summed E-state index contributed by atoms with van der Waals surface area (Å²) in [7, 11) is 1.73. The molecule has 0 aliphatic carbocycles. The quantitative estimate of drug-likeness (QED) is 0.874. The molecule has 16 heavy (non-hydrogen) atoms. The smallest absolute Gasteiger partial charge is 0.312 e. The molecule has 0 saturated carbocycles. The van der Waals surface area contributed by atoms with Crippen molar-refractivity contribution in [1.29, 1.82) is 0 Å². The highest BCUT2D eigenvalue weighted by molar-refractivity contribution is 6.35. The van der Waals surface area contributed by atoms with Gasteiger partial charge in [-0.05, 0) is 19.1 Å². The lowest BCUT2D eigenvalue weighted by molar-refractivity contribution is -0.138. The zero-order valence-electron chi connectivity index (χ0n) is 8.94. The van der Waals surface area contributed by atoms with E-state index < -0.39 is 11.9 Å². The Morgan fingerprint density at radius 1 is 1.56 bits per heavy atom. The SMILES string of the molecule is CC(C(=O)O)c1c2c(Cl)cccc2nn1C. The lowest BCUT2D eigenvalue weighted by Gasteiger charge is -2.07. The maximum absolute atomic E-state index is 11.0. The molecule has 1 aromatic heterocycles. The Labute approximate surface area is 97.4 Å². The molecule has 5 heteroatoms. The third-order valence-corrected chi connectivity index (χ3v) is 2.95. The average Bonchev–Trinajstić information content (AvgIpc) is 2.54. The predicted octanol–water partition coefficient (Wildman–Crippen LogP) is 2.41. The number of hydrogen-bond acceptors (Lipinski definition) is 2. The summed E-state index contributed by atoms with van der Waals surface area (Å²) in [5.74, 6) is -1.51. The van der Waals surface area contributed by atoms with Crippen molar-refractivity contribution in [2.75, 3.05) is 0 Å². The fraction of sp³-hybridized carbons (Fsp3) is 0.273. The van der Waals surface area contributed by atoms with Gasteiger partial charge in [-0.1, -0.05) is 17.7 Å². The van der Waals surface area contributed by atoms with E-state index in [1.54, 1.807) is 30.8 Å². The molecule has 0 aliphatic heterocycles. The van der Waals surface area contributed by atoms with Gasteiger partial charge in [0.05, 0.1) is 22.2 Å². The van der Waals surface area contributed by atoms with Crippen LogP contribution in [-0.2, 0) is 11.8 Å². The van der Waals surface area contributed by atoms with E-state index in [-0.39, 0.29) is 0 Å². The van der Waals surface area contributed by atoms with Crippen LogP contribution < -0.4 is 0 Å². The van der Waals surface area contributed by atoms with E-state index in [0.717, 1.165) is 10.9 Å². The molecule has 0 fully saturated rings. The first kappa shape index (κ1) is 11.0. The lowest BCUT2D eigenvalue weighted by Crippen LogP contribution is -2.12. The third-order valence-electron chi connectivity index (χ3n) is 2.63. The molecular formula is C11H11ClN2O2. The summed E-state index contributed by atoms with van der Waals surface area (Å²) < 4.78 is 1.58. The summed E-state index contributed by atoms with van der Waals surface area (Å²) in [6.07, 6.45) is 0. The topological polar surface area (TPSA) is 55.1 Å². The summed E-state index contributed by atoms with van der Waals surface area (Å²) in [4.78, 5) is 11.0. The normalized spacial score (nSPS) is 12.9. The second-order valence-corrected chi connectivity index (χ2v) is 4.11. The molecule has 2 rings (SSSR count). The van der Waals surface area contributed by atoms with E-state index in [4.69, 9.17) is 16.7 Å². The third kappa shape index (κ3) is 1.55. The van der Waals surface area contributed by atoms with Crippen LogP contribution in [0.15, 0.2) is 18.2 Å². The fourth-order valence-electron chi connectivity index (χ4n) is 1.84. The minimum absolute atomic E-state index is 0.536. The van der Waals surface area contributed by atoms with Crippen molar-refractivity contribution in [2.24, 2.45) is 7.05 Å². The molecule has 0 radical (unpaired) electrons. The van der Waals surface area contributed by atoms with Crippen LogP contribution in [0.1, 0.15) is 18.5 Å². The Balaban J connectivity index is 2.77. The summed E-state index contributed by atoms with van der Waals surface area (Å²) in [5, 5.41) is 14.6. The van der Waals surface area contributed by atoms with Crippen LogP contribution in [0.4, 0.5) is 0 Å². The number of aromatic nitrogens is 2. The summed E-state index contributed by atoms with van der Waals surface area (Å²) in [6, 6.07) is 5.36. The monoisotopic (exact) mass is 238 g/mol. The summed E-state index contributed by atoms with van der Waals surface area (Å²) >= 11 is 6.08. The van der Waals surface area contributed by atoms with Crippen LogP contribution in [-0.4, -0.2) is 20.9 Å².